The molecule has 6 rings (SSSR count). The van der Waals surface area contributed by atoms with Gasteiger partial charge in [-0.25, -0.2) is 27.5 Å². The van der Waals surface area contributed by atoms with E-state index in [9.17, 15) is 45.3 Å². The number of rotatable bonds is 12. The van der Waals surface area contributed by atoms with Crippen LogP contribution in [0.5, 0.6) is 23.0 Å². The van der Waals surface area contributed by atoms with E-state index in [2.05, 4.69) is 32.6 Å². The molecule has 4 aromatic carbocycles. The second kappa shape index (κ2) is 24.3. The number of nitrogens with zero attached hydrogens (tertiary/aromatic N) is 2. The molecular formula is C44H42Cl2F8N2O4Ti. The molecule has 0 saturated heterocycles. The zero-order valence-electron chi connectivity index (χ0n) is 32.7. The summed E-state index contributed by atoms with van der Waals surface area (Å²) in [4.78, 5) is 7.15. The molecule has 0 atom stereocenters. The second-order valence-electron chi connectivity index (χ2n) is 13.9. The molecule has 326 valence electrons. The summed E-state index contributed by atoms with van der Waals surface area (Å²) in [6, 6.07) is 10.0. The van der Waals surface area contributed by atoms with E-state index in [1.165, 1.54) is 24.3 Å². The number of aliphatic imine (C=N–C) groups is 2. The third kappa shape index (κ3) is 12.4. The number of hydrogen-bond acceptors (Lipinski definition) is 6. The Bertz CT molecular complexity index is 2010. The minimum absolute atomic E-state index is 0.0455. The maximum absolute atomic E-state index is 14.2. The summed E-state index contributed by atoms with van der Waals surface area (Å²) < 4.78 is 123. The van der Waals surface area contributed by atoms with E-state index in [0.29, 0.717) is 0 Å². The topological polar surface area (TPSA) is 83.6 Å². The van der Waals surface area contributed by atoms with Crippen molar-refractivity contribution < 1.29 is 71.8 Å². The van der Waals surface area contributed by atoms with E-state index in [1.54, 1.807) is 24.3 Å². The van der Waals surface area contributed by atoms with Gasteiger partial charge in [0.1, 0.15) is 36.1 Å². The third-order valence-corrected chi connectivity index (χ3v) is 10.0. The first-order chi connectivity index (χ1) is 29.3. The molecule has 0 radical (unpaired) electrons. The molecule has 0 amide bonds. The van der Waals surface area contributed by atoms with Crippen LogP contribution in [0.25, 0.3) is 0 Å². The van der Waals surface area contributed by atoms with Crippen molar-refractivity contribution in [1.82, 2.24) is 0 Å². The number of phenolic OH excluding ortho intramolecular Hbond substituents is 2. The van der Waals surface area contributed by atoms with Crippen molar-refractivity contribution in [2.45, 2.75) is 76.0 Å². The molecular weight excluding hydrogens is 891 g/mol. The molecule has 2 aliphatic rings. The normalized spacial score (nSPS) is 14.5. The Balaban J connectivity index is 0.000000252. The van der Waals surface area contributed by atoms with Crippen molar-refractivity contribution in [2.75, 3.05) is 13.2 Å². The van der Waals surface area contributed by atoms with Gasteiger partial charge in [0.25, 0.3) is 0 Å². The molecule has 61 heavy (non-hydrogen) atoms. The minimum atomic E-state index is -1.68. The van der Waals surface area contributed by atoms with Gasteiger partial charge in [0.05, 0.1) is 0 Å². The Kier molecular flexibility index (Phi) is 19.7. The van der Waals surface area contributed by atoms with E-state index < -0.39 is 86.4 Å². The van der Waals surface area contributed by atoms with Gasteiger partial charge >= 0.3 is 35.6 Å². The molecule has 6 nitrogen and oxygen atoms in total. The van der Waals surface area contributed by atoms with Crippen LogP contribution in [-0.4, -0.2) is 35.9 Å². The summed E-state index contributed by atoms with van der Waals surface area (Å²) in [7, 11) is 9.78. The summed E-state index contributed by atoms with van der Waals surface area (Å²) >= 11 is -0.556. The van der Waals surface area contributed by atoms with E-state index >= 15 is 0 Å². The van der Waals surface area contributed by atoms with Crippen LogP contribution in [0.3, 0.4) is 0 Å². The molecule has 2 N–H and O–H groups in total. The summed E-state index contributed by atoms with van der Waals surface area (Å²) in [5.74, 6) is -15.5. The number of hydrogen-bond donors (Lipinski definition) is 2. The van der Waals surface area contributed by atoms with Crippen LogP contribution in [0, 0.1) is 46.5 Å². The average molecular weight is 934 g/mol. The SMILES string of the molecule is C=CCOc1c(F)c(F)c(N=Cc2cccc(C3CCCCC3)c2O)c(F)c1F.C=CCOc1c(F)c(F)c(N=Cc2cccc(C3CCCCC3)c2O)c(F)c1F.[Cl][Ti][Cl]. The van der Waals surface area contributed by atoms with Gasteiger partial charge in [-0.2, -0.15) is 17.6 Å². The van der Waals surface area contributed by atoms with Gasteiger partial charge in [0.2, 0.25) is 23.3 Å². The molecule has 2 saturated carbocycles. The standard InChI is InChI=1S/2C22H21F4NO2.2ClH.Ti/c2*1-2-11-29-22-18(25)16(23)20(17(24)19(22)26)27-12-14-9-6-10-15(21(14)28)13-7-4-3-5-8-13;;;/h2*2,6,9-10,12-13,28H,1,3-5,7-8,11H2;2*1H;/q;;;;+2/p-2. The number of para-hydroxylation sites is 2. The molecule has 2 aliphatic carbocycles. The number of benzene rings is 4. The first-order valence-electron chi connectivity index (χ1n) is 19.2. The van der Waals surface area contributed by atoms with Crippen LogP contribution in [0.1, 0.15) is 98.3 Å². The fraction of sp³-hybridized carbons (Fsp3) is 0.318. The van der Waals surface area contributed by atoms with Crippen LogP contribution >= 0.6 is 18.6 Å². The summed E-state index contributed by atoms with van der Waals surface area (Å²) in [6.07, 6.45) is 14.7. The molecule has 0 aliphatic heterocycles. The Morgan fingerprint density at radius 1 is 0.557 bits per heavy atom. The van der Waals surface area contributed by atoms with E-state index in [4.69, 9.17) is 18.6 Å². The predicted octanol–water partition coefficient (Wildman–Crippen LogP) is 14.0. The van der Waals surface area contributed by atoms with Gasteiger partial charge in [-0.05, 0) is 60.8 Å². The first kappa shape index (κ1) is 49.3. The molecule has 0 bridgehead atoms. The van der Waals surface area contributed by atoms with Gasteiger partial charge in [0, 0.05) is 23.6 Å². The molecule has 4 aromatic rings. The Morgan fingerprint density at radius 3 is 1.16 bits per heavy atom. The molecule has 0 spiro atoms. The fourth-order valence-corrected chi connectivity index (χ4v) is 7.09. The van der Waals surface area contributed by atoms with Crippen molar-refractivity contribution in [1.29, 1.82) is 0 Å². The van der Waals surface area contributed by atoms with Crippen molar-refractivity contribution in [3.63, 3.8) is 0 Å². The number of halogens is 10. The zero-order valence-corrected chi connectivity index (χ0v) is 35.8. The van der Waals surface area contributed by atoms with Gasteiger partial charge in [-0.15, -0.1) is 0 Å². The summed E-state index contributed by atoms with van der Waals surface area (Å²) in [5.41, 5.74) is -0.374. The van der Waals surface area contributed by atoms with Crippen LogP contribution in [-0.2, 0) is 17.0 Å². The predicted molar refractivity (Wildman–Crippen MR) is 218 cm³/mol. The average Bonchev–Trinajstić information content (AvgIpc) is 3.27. The maximum atomic E-state index is 14.2. The van der Waals surface area contributed by atoms with Crippen molar-refractivity contribution in [3.8, 4) is 23.0 Å². The molecule has 0 unspecified atom stereocenters. The van der Waals surface area contributed by atoms with E-state index in [0.717, 1.165) is 87.8 Å². The van der Waals surface area contributed by atoms with Gasteiger partial charge in [-0.1, -0.05) is 88.1 Å². The zero-order chi connectivity index (χ0) is 44.6. The Morgan fingerprint density at radius 2 is 0.869 bits per heavy atom. The van der Waals surface area contributed by atoms with Gasteiger partial charge < -0.3 is 19.7 Å². The van der Waals surface area contributed by atoms with Crippen LogP contribution in [0.15, 0.2) is 71.7 Å². The summed E-state index contributed by atoms with van der Waals surface area (Å²) in [6.45, 7) is 5.97. The van der Waals surface area contributed by atoms with Crippen LogP contribution in [0.2, 0.25) is 0 Å². The Labute approximate surface area is 365 Å². The quantitative estimate of drug-likeness (QED) is 0.0487. The van der Waals surface area contributed by atoms with Crippen LogP contribution < -0.4 is 9.47 Å². The van der Waals surface area contributed by atoms with Gasteiger partial charge in [0.15, 0.2) is 34.8 Å². The Hall–Kier alpha value is -4.37. The van der Waals surface area contributed by atoms with Crippen molar-refractivity contribution in [3.05, 3.63) is 130 Å². The van der Waals surface area contributed by atoms with Crippen molar-refractivity contribution in [2.24, 2.45) is 9.98 Å². The third-order valence-electron chi connectivity index (χ3n) is 10.0. The van der Waals surface area contributed by atoms with Gasteiger partial charge in [-0.3, -0.25) is 0 Å². The number of ether oxygens (including phenoxy) is 2. The second-order valence-corrected chi connectivity index (χ2v) is 16.5. The van der Waals surface area contributed by atoms with Crippen LogP contribution in [0.4, 0.5) is 46.5 Å². The molecule has 0 aromatic heterocycles. The summed E-state index contributed by atoms with van der Waals surface area (Å²) in [5, 5.41) is 21.1. The molecule has 0 heterocycles. The van der Waals surface area contributed by atoms with Crippen molar-refractivity contribution >= 4 is 42.4 Å². The molecule has 17 heteroatoms. The number of aromatic hydroxyl groups is 2. The first-order valence-corrected chi connectivity index (χ1v) is 23.5. The number of phenols is 2. The van der Waals surface area contributed by atoms with E-state index in [1.807, 2.05) is 0 Å². The fourth-order valence-electron chi connectivity index (χ4n) is 7.09. The monoisotopic (exact) mass is 932 g/mol. The van der Waals surface area contributed by atoms with E-state index in [-0.39, 0.29) is 47.7 Å². The molecule has 2 fully saturated rings.